The van der Waals surface area contributed by atoms with E-state index in [1.807, 2.05) is 12.1 Å². The Morgan fingerprint density at radius 1 is 1.05 bits per heavy atom. The number of hydrogen-bond donors (Lipinski definition) is 0. The van der Waals surface area contributed by atoms with Crippen LogP contribution in [-0.2, 0) is 10.0 Å². The van der Waals surface area contributed by atoms with Crippen LogP contribution in [0.4, 0.5) is 5.69 Å². The number of rotatable bonds is 5. The molecule has 6 heteroatoms. The number of hydrogen-bond acceptors (Lipinski definition) is 3. The van der Waals surface area contributed by atoms with Gasteiger partial charge in [-0.25, -0.2) is 8.42 Å². The highest BCUT2D eigenvalue weighted by atomic mass is 79.9. The van der Waals surface area contributed by atoms with Crippen LogP contribution < -0.4 is 4.31 Å². The summed E-state index contributed by atoms with van der Waals surface area (Å²) in [6.07, 6.45) is 0.130. The predicted octanol–water partition coefficient (Wildman–Crippen LogP) is 3.56. The summed E-state index contributed by atoms with van der Waals surface area (Å²) in [7, 11) is -3.68. The van der Waals surface area contributed by atoms with Gasteiger partial charge in [-0.15, -0.1) is 0 Å². The van der Waals surface area contributed by atoms with E-state index in [4.69, 9.17) is 5.26 Å². The summed E-state index contributed by atoms with van der Waals surface area (Å²) in [5.41, 5.74) is 0.552. The molecule has 0 spiro atoms. The van der Waals surface area contributed by atoms with Crippen LogP contribution in [0.3, 0.4) is 0 Å². The molecule has 0 unspecified atom stereocenters. The summed E-state index contributed by atoms with van der Waals surface area (Å²) in [4.78, 5) is 0.201. The number of nitrogens with zero attached hydrogens (tertiary/aromatic N) is 2. The molecule has 0 N–H and O–H groups in total. The van der Waals surface area contributed by atoms with E-state index < -0.39 is 10.0 Å². The molecule has 108 valence electrons. The molecule has 0 bridgehead atoms. The minimum atomic E-state index is -3.68. The van der Waals surface area contributed by atoms with Gasteiger partial charge in [0.2, 0.25) is 0 Å². The lowest BCUT2D eigenvalue weighted by Gasteiger charge is -2.23. The van der Waals surface area contributed by atoms with Crippen molar-refractivity contribution in [2.75, 3.05) is 10.8 Å². The molecule has 0 saturated carbocycles. The summed E-state index contributed by atoms with van der Waals surface area (Å²) in [6, 6.07) is 17.2. The third-order valence-corrected chi connectivity index (χ3v) is 5.24. The van der Waals surface area contributed by atoms with Crippen molar-refractivity contribution >= 4 is 31.6 Å². The van der Waals surface area contributed by atoms with Crippen LogP contribution in [0.15, 0.2) is 64.0 Å². The second-order valence-electron chi connectivity index (χ2n) is 4.27. The van der Waals surface area contributed by atoms with Crippen LogP contribution in [-0.4, -0.2) is 15.0 Å². The first kappa shape index (κ1) is 15.5. The van der Waals surface area contributed by atoms with E-state index in [1.54, 1.807) is 48.5 Å². The largest absolute Gasteiger partial charge is 0.265 e. The Bertz CT molecular complexity index is 737. The monoisotopic (exact) mass is 364 g/mol. The Morgan fingerprint density at radius 3 is 2.24 bits per heavy atom. The van der Waals surface area contributed by atoms with Crippen LogP contribution in [0.2, 0.25) is 0 Å². The highest BCUT2D eigenvalue weighted by Gasteiger charge is 2.24. The van der Waals surface area contributed by atoms with E-state index in [9.17, 15) is 8.42 Å². The fourth-order valence-electron chi connectivity index (χ4n) is 1.87. The van der Waals surface area contributed by atoms with Gasteiger partial charge in [-0.2, -0.15) is 5.26 Å². The first-order valence-corrected chi connectivity index (χ1v) is 8.49. The van der Waals surface area contributed by atoms with Crippen molar-refractivity contribution in [3.8, 4) is 6.07 Å². The van der Waals surface area contributed by atoms with Crippen molar-refractivity contribution < 1.29 is 8.42 Å². The number of para-hydroxylation sites is 1. The maximum atomic E-state index is 12.8. The van der Waals surface area contributed by atoms with Crippen molar-refractivity contribution in [2.24, 2.45) is 0 Å². The average molecular weight is 365 g/mol. The molecule has 2 rings (SSSR count). The summed E-state index contributed by atoms with van der Waals surface area (Å²) in [6.45, 7) is 0.124. The SMILES string of the molecule is N#CCCN(c1ccccc1)S(=O)(=O)c1ccc(Br)cc1. The van der Waals surface area contributed by atoms with Crippen molar-refractivity contribution in [2.45, 2.75) is 11.3 Å². The zero-order valence-electron chi connectivity index (χ0n) is 11.1. The van der Waals surface area contributed by atoms with Gasteiger partial charge >= 0.3 is 0 Å². The van der Waals surface area contributed by atoms with Gasteiger partial charge in [0, 0.05) is 11.0 Å². The van der Waals surface area contributed by atoms with Crippen molar-refractivity contribution in [3.63, 3.8) is 0 Å². The van der Waals surface area contributed by atoms with E-state index in [0.717, 1.165) is 4.47 Å². The molecule has 0 fully saturated rings. The zero-order valence-corrected chi connectivity index (χ0v) is 13.5. The normalized spacial score (nSPS) is 10.9. The van der Waals surface area contributed by atoms with Gasteiger partial charge in [-0.1, -0.05) is 34.1 Å². The van der Waals surface area contributed by atoms with Crippen LogP contribution in [0.1, 0.15) is 6.42 Å². The first-order valence-electron chi connectivity index (χ1n) is 6.26. The number of sulfonamides is 1. The molecular formula is C15H13BrN2O2S. The summed E-state index contributed by atoms with van der Waals surface area (Å²) < 4.78 is 27.6. The number of halogens is 1. The summed E-state index contributed by atoms with van der Waals surface area (Å²) in [5.74, 6) is 0. The predicted molar refractivity (Wildman–Crippen MR) is 85.3 cm³/mol. The van der Waals surface area contributed by atoms with Gasteiger partial charge in [-0.3, -0.25) is 4.31 Å². The van der Waals surface area contributed by atoms with Gasteiger partial charge in [-0.05, 0) is 36.4 Å². The van der Waals surface area contributed by atoms with Crippen LogP contribution in [0.5, 0.6) is 0 Å². The average Bonchev–Trinajstić information content (AvgIpc) is 2.49. The molecule has 4 nitrogen and oxygen atoms in total. The van der Waals surface area contributed by atoms with Crippen molar-refractivity contribution in [3.05, 3.63) is 59.1 Å². The molecule has 2 aromatic rings. The Balaban J connectivity index is 2.45. The molecule has 0 aliphatic heterocycles. The minimum Gasteiger partial charge on any atom is -0.265 e. The minimum absolute atomic E-state index is 0.124. The number of benzene rings is 2. The highest BCUT2D eigenvalue weighted by Crippen LogP contribution is 2.24. The van der Waals surface area contributed by atoms with Crippen molar-refractivity contribution in [1.82, 2.24) is 0 Å². The molecule has 0 aromatic heterocycles. The molecular weight excluding hydrogens is 352 g/mol. The second-order valence-corrected chi connectivity index (χ2v) is 7.05. The molecule has 0 atom stereocenters. The van der Waals surface area contributed by atoms with Crippen LogP contribution in [0, 0.1) is 11.3 Å². The van der Waals surface area contributed by atoms with E-state index in [1.165, 1.54) is 4.31 Å². The lowest BCUT2D eigenvalue weighted by atomic mass is 10.3. The topological polar surface area (TPSA) is 61.2 Å². The van der Waals surface area contributed by atoms with Gasteiger partial charge in [0.25, 0.3) is 10.0 Å². The molecule has 21 heavy (non-hydrogen) atoms. The molecule has 2 aromatic carbocycles. The summed E-state index contributed by atoms with van der Waals surface area (Å²) >= 11 is 3.28. The lowest BCUT2D eigenvalue weighted by molar-refractivity contribution is 0.591. The number of nitriles is 1. The second kappa shape index (κ2) is 6.74. The standard InChI is InChI=1S/C15H13BrN2O2S/c16-13-7-9-15(10-8-13)21(19,20)18(12-4-11-17)14-5-2-1-3-6-14/h1-3,5-10H,4,12H2. The highest BCUT2D eigenvalue weighted by molar-refractivity contribution is 9.10. The third-order valence-electron chi connectivity index (χ3n) is 2.87. The van der Waals surface area contributed by atoms with E-state index in [-0.39, 0.29) is 17.9 Å². The molecule has 0 radical (unpaired) electrons. The molecule has 0 aliphatic rings. The van der Waals surface area contributed by atoms with Crippen LogP contribution >= 0.6 is 15.9 Å². The Hall–Kier alpha value is -1.84. The molecule has 0 amide bonds. The fourth-order valence-corrected chi connectivity index (χ4v) is 3.60. The maximum Gasteiger partial charge on any atom is 0.264 e. The first-order chi connectivity index (χ1) is 10.1. The van der Waals surface area contributed by atoms with Gasteiger partial charge in [0.05, 0.1) is 23.1 Å². The Morgan fingerprint density at radius 2 is 1.67 bits per heavy atom. The van der Waals surface area contributed by atoms with Gasteiger partial charge in [0.1, 0.15) is 0 Å². The van der Waals surface area contributed by atoms with Crippen molar-refractivity contribution in [1.29, 1.82) is 5.26 Å². The van der Waals surface area contributed by atoms with Gasteiger partial charge in [0.15, 0.2) is 0 Å². The van der Waals surface area contributed by atoms with E-state index in [0.29, 0.717) is 5.69 Å². The molecule has 0 heterocycles. The number of anilines is 1. The van der Waals surface area contributed by atoms with Gasteiger partial charge < -0.3 is 0 Å². The quantitative estimate of drug-likeness (QED) is 0.814. The smallest absolute Gasteiger partial charge is 0.264 e. The van der Waals surface area contributed by atoms with E-state index >= 15 is 0 Å². The lowest BCUT2D eigenvalue weighted by Crippen LogP contribution is -2.31. The summed E-state index contributed by atoms with van der Waals surface area (Å²) in [5, 5.41) is 8.76. The Labute approximate surface area is 132 Å². The molecule has 0 saturated heterocycles. The molecule has 0 aliphatic carbocycles. The Kier molecular flexibility index (Phi) is 4.99. The van der Waals surface area contributed by atoms with Crippen LogP contribution in [0.25, 0.3) is 0 Å². The fraction of sp³-hybridized carbons (Fsp3) is 0.133. The third kappa shape index (κ3) is 3.63. The maximum absolute atomic E-state index is 12.8. The van der Waals surface area contributed by atoms with E-state index in [2.05, 4.69) is 15.9 Å². The zero-order chi connectivity index (χ0) is 15.3.